The van der Waals surface area contributed by atoms with Gasteiger partial charge in [-0.3, -0.25) is 9.78 Å². The topological polar surface area (TPSA) is 95.0 Å². The molecule has 3 aromatic rings. The Morgan fingerprint density at radius 1 is 1.13 bits per heavy atom. The number of aliphatic hydroxyl groups is 1. The van der Waals surface area contributed by atoms with Gasteiger partial charge in [-0.15, -0.1) is 0 Å². The number of pyridine rings is 3. The highest BCUT2D eigenvalue weighted by atomic mass is 35.5. The predicted octanol–water partition coefficient (Wildman–Crippen LogP) is 5.45. The van der Waals surface area contributed by atoms with Gasteiger partial charge in [0, 0.05) is 50.8 Å². The molecule has 2 aliphatic rings. The molecule has 5 rings (SSSR count). The molecular formula is C27H27Cl2F2N5O2. The van der Waals surface area contributed by atoms with Gasteiger partial charge in [0.05, 0.1) is 21.8 Å². The van der Waals surface area contributed by atoms with Gasteiger partial charge in [0.1, 0.15) is 22.3 Å². The standard InChI is InChI=1S/C27H27Cl2F2N5O2/c1-35-20-4-5-21(29)34-23(20)24(18(14-32)25(35)37)36-12-10-26(38,11-13-36)22(19-3-2-17(28)15-33-19)16-6-8-27(30,31)9-7-16/h2-5,15-16,22,38H,6-13H2,1H3/t22-/m0/s1. The molecule has 1 N–H and O–H groups in total. The number of nitrogens with zero attached hydrogens (tertiary/aromatic N) is 5. The van der Waals surface area contributed by atoms with Crippen molar-refractivity contribution >= 4 is 39.9 Å². The fourth-order valence-corrected chi connectivity index (χ4v) is 6.39. The number of halogens is 4. The lowest BCUT2D eigenvalue weighted by Gasteiger charge is -2.47. The maximum absolute atomic E-state index is 14.0. The second-order valence-electron chi connectivity index (χ2n) is 10.4. The number of hydrogen-bond acceptors (Lipinski definition) is 6. The van der Waals surface area contributed by atoms with E-state index in [4.69, 9.17) is 23.2 Å². The summed E-state index contributed by atoms with van der Waals surface area (Å²) in [6.45, 7) is 0.656. The molecule has 1 aliphatic carbocycles. The van der Waals surface area contributed by atoms with Crippen molar-refractivity contribution in [1.29, 1.82) is 5.26 Å². The van der Waals surface area contributed by atoms with Crippen LogP contribution in [0.3, 0.4) is 0 Å². The zero-order valence-corrected chi connectivity index (χ0v) is 22.3. The van der Waals surface area contributed by atoms with Crippen molar-refractivity contribution in [3.05, 3.63) is 62.2 Å². The average molecular weight is 562 g/mol. The molecule has 0 unspecified atom stereocenters. The molecule has 0 spiro atoms. The SMILES string of the molecule is Cn1c(=O)c(C#N)c(N2CCC(O)([C@H](c3ccc(Cl)cn3)C3CCC(F)(F)CC3)CC2)c2nc(Cl)ccc21. The van der Waals surface area contributed by atoms with Crippen LogP contribution in [0.15, 0.2) is 35.3 Å². The molecule has 0 aromatic carbocycles. The van der Waals surface area contributed by atoms with E-state index >= 15 is 0 Å². The van der Waals surface area contributed by atoms with Gasteiger partial charge in [0.25, 0.3) is 5.56 Å². The van der Waals surface area contributed by atoms with Gasteiger partial charge in [0.15, 0.2) is 0 Å². The van der Waals surface area contributed by atoms with Crippen LogP contribution in [0.1, 0.15) is 55.7 Å². The Hall–Kier alpha value is -2.80. The monoisotopic (exact) mass is 561 g/mol. The molecule has 1 saturated carbocycles. The molecule has 0 bridgehead atoms. The molecule has 4 heterocycles. The Morgan fingerprint density at radius 2 is 1.82 bits per heavy atom. The number of rotatable bonds is 4. The normalized spacial score (nSPS) is 20.3. The van der Waals surface area contributed by atoms with Gasteiger partial charge in [-0.25, -0.2) is 13.8 Å². The number of hydrogen-bond donors (Lipinski definition) is 1. The summed E-state index contributed by atoms with van der Waals surface area (Å²) in [6.07, 6.45) is 2.22. The molecule has 7 nitrogen and oxygen atoms in total. The average Bonchev–Trinajstić information content (AvgIpc) is 2.89. The predicted molar refractivity (Wildman–Crippen MR) is 142 cm³/mol. The second-order valence-corrected chi connectivity index (χ2v) is 11.2. The first-order chi connectivity index (χ1) is 18.0. The van der Waals surface area contributed by atoms with E-state index in [9.17, 15) is 23.9 Å². The quantitative estimate of drug-likeness (QED) is 0.426. The van der Waals surface area contributed by atoms with Crippen LogP contribution in [0.25, 0.3) is 11.0 Å². The van der Waals surface area contributed by atoms with E-state index in [-0.39, 0.29) is 55.2 Å². The lowest BCUT2D eigenvalue weighted by molar-refractivity contribution is -0.0768. The third-order valence-electron chi connectivity index (χ3n) is 8.12. The first-order valence-electron chi connectivity index (χ1n) is 12.6. The molecule has 1 aliphatic heterocycles. The van der Waals surface area contributed by atoms with E-state index < -0.39 is 23.0 Å². The molecule has 0 radical (unpaired) electrons. The highest BCUT2D eigenvalue weighted by Crippen LogP contribution is 2.49. The number of aryl methyl sites for hydroxylation is 1. The smallest absolute Gasteiger partial charge is 0.270 e. The number of alkyl halides is 2. The molecule has 3 aromatic heterocycles. The number of nitriles is 1. The first-order valence-corrected chi connectivity index (χ1v) is 13.3. The van der Waals surface area contributed by atoms with Crippen LogP contribution < -0.4 is 10.5 Å². The van der Waals surface area contributed by atoms with Gasteiger partial charge >= 0.3 is 0 Å². The minimum Gasteiger partial charge on any atom is -0.389 e. The molecule has 1 saturated heterocycles. The van der Waals surface area contributed by atoms with Crippen LogP contribution >= 0.6 is 23.2 Å². The Kier molecular flexibility index (Phi) is 7.10. The van der Waals surface area contributed by atoms with Crippen molar-refractivity contribution in [3.8, 4) is 6.07 Å². The maximum atomic E-state index is 14.0. The van der Waals surface area contributed by atoms with Crippen LogP contribution in [0.4, 0.5) is 14.5 Å². The fraction of sp³-hybridized carbons (Fsp3) is 0.481. The third kappa shape index (κ3) is 4.86. The minimum atomic E-state index is -2.69. The summed E-state index contributed by atoms with van der Waals surface area (Å²) in [6, 6.07) is 8.78. The van der Waals surface area contributed by atoms with Crippen LogP contribution in [-0.2, 0) is 7.05 Å². The Bertz CT molecular complexity index is 1450. The second kappa shape index (κ2) is 10.1. The largest absolute Gasteiger partial charge is 0.389 e. The molecule has 1 atom stereocenters. The summed E-state index contributed by atoms with van der Waals surface area (Å²) in [7, 11) is 1.58. The van der Waals surface area contributed by atoms with Crippen LogP contribution in [0.5, 0.6) is 0 Å². The van der Waals surface area contributed by atoms with Crippen molar-refractivity contribution in [2.75, 3.05) is 18.0 Å². The molecule has 0 amide bonds. The third-order valence-corrected chi connectivity index (χ3v) is 8.55. The lowest BCUT2D eigenvalue weighted by Crippen LogP contribution is -2.51. The Labute approximate surface area is 228 Å². The van der Waals surface area contributed by atoms with Gasteiger partial charge < -0.3 is 14.6 Å². The van der Waals surface area contributed by atoms with Crippen molar-refractivity contribution in [1.82, 2.24) is 14.5 Å². The molecule has 38 heavy (non-hydrogen) atoms. The Balaban J connectivity index is 1.50. The summed E-state index contributed by atoms with van der Waals surface area (Å²) in [5, 5.41) is 22.6. The van der Waals surface area contributed by atoms with Crippen molar-refractivity contribution in [3.63, 3.8) is 0 Å². The summed E-state index contributed by atoms with van der Waals surface area (Å²) in [5.74, 6) is -3.32. The highest BCUT2D eigenvalue weighted by molar-refractivity contribution is 6.30. The maximum Gasteiger partial charge on any atom is 0.270 e. The Morgan fingerprint density at radius 3 is 2.42 bits per heavy atom. The summed E-state index contributed by atoms with van der Waals surface area (Å²) in [4.78, 5) is 23.8. The van der Waals surface area contributed by atoms with Crippen molar-refractivity contribution in [2.24, 2.45) is 13.0 Å². The van der Waals surface area contributed by atoms with Crippen LogP contribution in [-0.4, -0.2) is 44.3 Å². The number of piperidine rings is 1. The number of anilines is 1. The zero-order valence-electron chi connectivity index (χ0n) is 20.8. The van der Waals surface area contributed by atoms with Gasteiger partial charge in [-0.1, -0.05) is 23.2 Å². The highest BCUT2D eigenvalue weighted by Gasteiger charge is 2.48. The number of fused-ring (bicyclic) bond motifs is 1. The van der Waals surface area contributed by atoms with Crippen LogP contribution in [0.2, 0.25) is 10.2 Å². The molecule has 2 fully saturated rings. The van der Waals surface area contributed by atoms with Gasteiger partial charge in [-0.05, 0) is 55.9 Å². The first kappa shape index (κ1) is 26.8. The van der Waals surface area contributed by atoms with E-state index in [0.29, 0.717) is 40.5 Å². The minimum absolute atomic E-state index is 0.0364. The van der Waals surface area contributed by atoms with Crippen LogP contribution in [0, 0.1) is 17.2 Å². The summed E-state index contributed by atoms with van der Waals surface area (Å²) >= 11 is 12.2. The van der Waals surface area contributed by atoms with Gasteiger partial charge in [-0.2, -0.15) is 5.26 Å². The van der Waals surface area contributed by atoms with Gasteiger partial charge in [0.2, 0.25) is 5.92 Å². The van der Waals surface area contributed by atoms with E-state index in [2.05, 4.69) is 9.97 Å². The van der Waals surface area contributed by atoms with Crippen molar-refractivity contribution < 1.29 is 13.9 Å². The number of aromatic nitrogens is 3. The molecular weight excluding hydrogens is 535 g/mol. The fourth-order valence-electron chi connectivity index (χ4n) is 6.13. The van der Waals surface area contributed by atoms with E-state index in [0.717, 1.165) is 0 Å². The molecule has 200 valence electrons. The lowest BCUT2D eigenvalue weighted by atomic mass is 9.66. The zero-order chi connectivity index (χ0) is 27.2. The van der Waals surface area contributed by atoms with E-state index in [1.54, 1.807) is 31.3 Å². The van der Waals surface area contributed by atoms with Crippen molar-refractivity contribution in [2.45, 2.75) is 56.0 Å². The summed E-state index contributed by atoms with van der Waals surface area (Å²) < 4.78 is 29.4. The van der Waals surface area contributed by atoms with E-state index in [1.807, 2.05) is 11.0 Å². The molecule has 11 heteroatoms. The summed E-state index contributed by atoms with van der Waals surface area (Å²) in [5.41, 5.74) is 0.311. The van der Waals surface area contributed by atoms with E-state index in [1.165, 1.54) is 10.8 Å².